The summed E-state index contributed by atoms with van der Waals surface area (Å²) in [6.45, 7) is -0.182. The number of ether oxygens (including phenoxy) is 2. The summed E-state index contributed by atoms with van der Waals surface area (Å²) < 4.78 is 65.6. The van der Waals surface area contributed by atoms with E-state index in [1.54, 1.807) is 18.2 Å². The third-order valence-corrected chi connectivity index (χ3v) is 6.15. The summed E-state index contributed by atoms with van der Waals surface area (Å²) in [7, 11) is 0. The van der Waals surface area contributed by atoms with Crippen LogP contribution in [0.3, 0.4) is 0 Å². The van der Waals surface area contributed by atoms with Gasteiger partial charge >= 0.3 is 18.1 Å². The van der Waals surface area contributed by atoms with Crippen molar-refractivity contribution in [2.24, 2.45) is 0 Å². The van der Waals surface area contributed by atoms with Gasteiger partial charge in [0.25, 0.3) is 0 Å². The van der Waals surface area contributed by atoms with E-state index in [0.29, 0.717) is 27.4 Å². The maximum Gasteiger partial charge on any atom is 0.471 e. The number of rotatable bonds is 6. The molecule has 0 aliphatic carbocycles. The average molecular weight is 517 g/mol. The molecule has 0 radical (unpaired) electrons. The minimum absolute atomic E-state index is 0.0698. The molecule has 1 aromatic heterocycles. The molecule has 0 saturated heterocycles. The number of carbonyl (C=O) groups is 2. The summed E-state index contributed by atoms with van der Waals surface area (Å²) in [5, 5.41) is 12.1. The number of halogens is 4. The van der Waals surface area contributed by atoms with Crippen molar-refractivity contribution in [2.75, 3.05) is 23.4 Å². The quantitative estimate of drug-likeness (QED) is 0.353. The number of pyridine rings is 1. The minimum atomic E-state index is -5.18. The van der Waals surface area contributed by atoms with Crippen molar-refractivity contribution in [1.29, 1.82) is 0 Å². The smallest absolute Gasteiger partial charge is 0.471 e. The molecule has 0 fully saturated rings. The van der Waals surface area contributed by atoms with Crippen LogP contribution in [-0.2, 0) is 9.59 Å². The maximum atomic E-state index is 13.7. The number of hydrogen-bond acceptors (Lipinski definition) is 6. The second-order valence-corrected chi connectivity index (χ2v) is 8.55. The molecule has 192 valence electrons. The van der Waals surface area contributed by atoms with Gasteiger partial charge in [0.2, 0.25) is 5.95 Å². The van der Waals surface area contributed by atoms with Crippen LogP contribution in [0.4, 0.5) is 34.6 Å². The van der Waals surface area contributed by atoms with E-state index in [1.807, 2.05) is 0 Å². The van der Waals surface area contributed by atoms with E-state index in [2.05, 4.69) is 10.3 Å². The standard InChI is InChI=1S/C25H19F4N3O5/c26-21-7-4-14(10-30-21)31-18-3-1-2-17-19(12-37-23(17)18)32(24(35)25(27,28)29)15-5-6-16-13(8-22(33)34)11-36-20(16)9-15/h1-7,9-10,13,19,31H,8,11-12H2,(H,33,34)/t13-,19-/m1/s1. The highest BCUT2D eigenvalue weighted by Crippen LogP contribution is 2.46. The highest BCUT2D eigenvalue weighted by atomic mass is 19.4. The van der Waals surface area contributed by atoms with Crippen molar-refractivity contribution in [2.45, 2.75) is 24.6 Å². The molecule has 2 aliphatic rings. The van der Waals surface area contributed by atoms with Crippen LogP contribution < -0.4 is 19.7 Å². The van der Waals surface area contributed by atoms with E-state index < -0.39 is 36.0 Å². The first-order valence-electron chi connectivity index (χ1n) is 11.1. The zero-order valence-electron chi connectivity index (χ0n) is 19.0. The monoisotopic (exact) mass is 517 g/mol. The van der Waals surface area contributed by atoms with Gasteiger partial charge in [0.15, 0.2) is 0 Å². The Balaban J connectivity index is 1.51. The number of fused-ring (bicyclic) bond motifs is 2. The summed E-state index contributed by atoms with van der Waals surface area (Å²) in [4.78, 5) is 27.9. The van der Waals surface area contributed by atoms with Crippen LogP contribution in [0, 0.1) is 5.95 Å². The molecule has 5 rings (SSSR count). The molecule has 37 heavy (non-hydrogen) atoms. The molecule has 3 aromatic rings. The topological polar surface area (TPSA) is 101 Å². The van der Waals surface area contributed by atoms with Crippen LogP contribution in [0.2, 0.25) is 0 Å². The fourth-order valence-electron chi connectivity index (χ4n) is 4.52. The maximum absolute atomic E-state index is 13.7. The van der Waals surface area contributed by atoms with Crippen molar-refractivity contribution in [3.05, 3.63) is 71.8 Å². The Kier molecular flexibility index (Phi) is 6.10. The molecule has 2 N–H and O–H groups in total. The molecule has 1 amide bonds. The van der Waals surface area contributed by atoms with Crippen LogP contribution >= 0.6 is 0 Å². The van der Waals surface area contributed by atoms with E-state index in [0.717, 1.165) is 6.07 Å². The zero-order chi connectivity index (χ0) is 26.3. The van der Waals surface area contributed by atoms with Crippen LogP contribution in [0.1, 0.15) is 29.5 Å². The van der Waals surface area contributed by atoms with Gasteiger partial charge in [0.1, 0.15) is 18.1 Å². The number of aromatic nitrogens is 1. The van der Waals surface area contributed by atoms with Gasteiger partial charge in [-0.25, -0.2) is 4.98 Å². The van der Waals surface area contributed by atoms with Crippen LogP contribution in [0.25, 0.3) is 0 Å². The molecule has 2 aromatic carbocycles. The largest absolute Gasteiger partial charge is 0.493 e. The highest BCUT2D eigenvalue weighted by Gasteiger charge is 2.48. The first-order valence-corrected chi connectivity index (χ1v) is 11.1. The Morgan fingerprint density at radius 1 is 1.08 bits per heavy atom. The van der Waals surface area contributed by atoms with Gasteiger partial charge in [-0.2, -0.15) is 17.6 Å². The number of hydrogen-bond donors (Lipinski definition) is 2. The lowest BCUT2D eigenvalue weighted by Gasteiger charge is -2.29. The van der Waals surface area contributed by atoms with Crippen LogP contribution in [0.15, 0.2) is 54.7 Å². The Bertz CT molecular complexity index is 1360. The van der Waals surface area contributed by atoms with E-state index in [4.69, 9.17) is 14.6 Å². The molecular weight excluding hydrogens is 498 g/mol. The number of anilines is 3. The molecule has 0 bridgehead atoms. The second kappa shape index (κ2) is 9.26. The first kappa shape index (κ1) is 24.3. The molecule has 3 heterocycles. The van der Waals surface area contributed by atoms with Crippen LogP contribution in [0.5, 0.6) is 11.5 Å². The Labute approximate surface area is 207 Å². The number of carboxylic acids is 1. The number of aliphatic carboxylic acids is 1. The number of para-hydroxylation sites is 1. The number of alkyl halides is 3. The second-order valence-electron chi connectivity index (χ2n) is 8.55. The summed E-state index contributed by atoms with van der Waals surface area (Å²) in [5.74, 6) is -3.76. The third kappa shape index (κ3) is 4.74. The number of nitrogens with one attached hydrogen (secondary N) is 1. The summed E-state index contributed by atoms with van der Waals surface area (Å²) >= 11 is 0. The predicted molar refractivity (Wildman–Crippen MR) is 123 cm³/mol. The van der Waals surface area contributed by atoms with E-state index >= 15 is 0 Å². The summed E-state index contributed by atoms with van der Waals surface area (Å²) in [6, 6.07) is 10.4. The minimum Gasteiger partial charge on any atom is -0.493 e. The van der Waals surface area contributed by atoms with Gasteiger partial charge in [-0.3, -0.25) is 14.5 Å². The number of amides is 1. The third-order valence-electron chi connectivity index (χ3n) is 6.15. The fourth-order valence-corrected chi connectivity index (χ4v) is 4.52. The highest BCUT2D eigenvalue weighted by molar-refractivity contribution is 5.98. The van der Waals surface area contributed by atoms with Crippen molar-refractivity contribution in [1.82, 2.24) is 4.98 Å². The van der Waals surface area contributed by atoms with Gasteiger partial charge in [-0.05, 0) is 24.3 Å². The van der Waals surface area contributed by atoms with Gasteiger partial charge in [0, 0.05) is 28.8 Å². The molecule has 0 unspecified atom stereocenters. The van der Waals surface area contributed by atoms with Gasteiger partial charge < -0.3 is 19.9 Å². The van der Waals surface area contributed by atoms with E-state index in [-0.39, 0.29) is 36.8 Å². The van der Waals surface area contributed by atoms with Crippen molar-refractivity contribution < 1.29 is 41.7 Å². The van der Waals surface area contributed by atoms with Gasteiger partial charge in [0.05, 0.1) is 36.6 Å². The van der Waals surface area contributed by atoms with Gasteiger partial charge in [-0.15, -0.1) is 0 Å². The van der Waals surface area contributed by atoms with Crippen molar-refractivity contribution in [3.63, 3.8) is 0 Å². The summed E-state index contributed by atoms with van der Waals surface area (Å²) in [5.41, 5.74) is 1.65. The van der Waals surface area contributed by atoms with Gasteiger partial charge in [-0.1, -0.05) is 18.2 Å². The van der Waals surface area contributed by atoms with Crippen molar-refractivity contribution in [3.8, 4) is 11.5 Å². The number of benzene rings is 2. The SMILES string of the molecule is O=C(O)C[C@@H]1COc2cc(N(C(=O)C(F)(F)F)[C@@H]3COc4c(Nc5ccc(F)nc5)cccc43)ccc21. The fraction of sp³-hybridized carbons (Fsp3) is 0.240. The molecular formula is C25H19F4N3O5. The van der Waals surface area contributed by atoms with E-state index in [9.17, 15) is 27.2 Å². The molecule has 12 heteroatoms. The summed E-state index contributed by atoms with van der Waals surface area (Å²) in [6.07, 6.45) is -4.12. The Hall–Kier alpha value is -4.35. The Morgan fingerprint density at radius 3 is 2.59 bits per heavy atom. The predicted octanol–water partition coefficient (Wildman–Crippen LogP) is 4.94. The Morgan fingerprint density at radius 2 is 1.89 bits per heavy atom. The molecule has 0 saturated carbocycles. The lowest BCUT2D eigenvalue weighted by Crippen LogP contribution is -2.44. The molecule has 0 spiro atoms. The number of carboxylic acid groups (broad SMARTS) is 1. The normalized spacial score (nSPS) is 17.8. The lowest BCUT2D eigenvalue weighted by molar-refractivity contribution is -0.171. The van der Waals surface area contributed by atoms with Crippen molar-refractivity contribution >= 4 is 28.9 Å². The molecule has 8 nitrogen and oxygen atoms in total. The first-order chi connectivity index (χ1) is 17.6. The average Bonchev–Trinajstić information content (AvgIpc) is 3.45. The molecule has 2 atom stereocenters. The van der Waals surface area contributed by atoms with E-state index in [1.165, 1.54) is 30.5 Å². The molecule has 2 aliphatic heterocycles. The number of nitrogens with zero attached hydrogens (tertiary/aromatic N) is 2. The van der Waals surface area contributed by atoms with Crippen LogP contribution in [-0.4, -0.2) is 41.4 Å². The number of carbonyl (C=O) groups excluding carboxylic acids is 1. The zero-order valence-corrected chi connectivity index (χ0v) is 19.0. The lowest BCUT2D eigenvalue weighted by atomic mass is 9.97.